The van der Waals surface area contributed by atoms with Crippen LogP contribution >= 0.6 is 0 Å². The molecule has 6 nitrogen and oxygen atoms in total. The summed E-state index contributed by atoms with van der Waals surface area (Å²) >= 11 is 0. The number of hydrogen-bond donors (Lipinski definition) is 2. The Labute approximate surface area is 155 Å². The number of anilines is 2. The summed E-state index contributed by atoms with van der Waals surface area (Å²) < 4.78 is 24.9. The zero-order valence-corrected chi connectivity index (χ0v) is 14.8. The summed E-state index contributed by atoms with van der Waals surface area (Å²) in [5, 5.41) is 3.23. The molecule has 136 valence electrons. The van der Waals surface area contributed by atoms with Crippen LogP contribution < -0.4 is 14.8 Å². The molecule has 2 aromatic heterocycles. The van der Waals surface area contributed by atoms with Crippen molar-refractivity contribution in [3.8, 4) is 22.9 Å². The summed E-state index contributed by atoms with van der Waals surface area (Å²) in [5.41, 5.74) is 2.49. The van der Waals surface area contributed by atoms with E-state index < -0.39 is 5.82 Å². The molecule has 0 radical (unpaired) electrons. The van der Waals surface area contributed by atoms with Crippen LogP contribution in [0.1, 0.15) is 0 Å². The lowest BCUT2D eigenvalue weighted by Gasteiger charge is -2.07. The van der Waals surface area contributed by atoms with Crippen LogP contribution in [0.3, 0.4) is 0 Å². The number of pyridine rings is 1. The normalized spacial score (nSPS) is 10.8. The molecule has 7 heteroatoms. The first-order valence-corrected chi connectivity index (χ1v) is 8.28. The molecule has 0 bridgehead atoms. The minimum Gasteiger partial charge on any atom is -0.497 e. The molecule has 0 aliphatic carbocycles. The van der Waals surface area contributed by atoms with Crippen LogP contribution in [0.25, 0.3) is 22.4 Å². The van der Waals surface area contributed by atoms with Crippen molar-refractivity contribution < 1.29 is 13.9 Å². The van der Waals surface area contributed by atoms with Gasteiger partial charge in [-0.05, 0) is 30.3 Å². The third-order valence-electron chi connectivity index (χ3n) is 4.17. The van der Waals surface area contributed by atoms with E-state index in [1.54, 1.807) is 37.6 Å². The lowest BCUT2D eigenvalue weighted by molar-refractivity contribution is 0.387. The Morgan fingerprint density at radius 2 is 1.89 bits per heavy atom. The van der Waals surface area contributed by atoms with E-state index in [1.165, 1.54) is 7.11 Å². The van der Waals surface area contributed by atoms with Gasteiger partial charge in [-0.1, -0.05) is 12.1 Å². The minimum atomic E-state index is -0.464. The molecular formula is C20H17FN4O2. The maximum absolute atomic E-state index is 14.6. The standard InChI is InChI=1S/C20H17FN4O2/c1-26-13-6-3-5-12(11-13)23-20-18-15(9-10-22-20)24-19(25-18)14-7-4-8-16(27-2)17(14)21/h3-11H,1-2H3,(H,22,23)(H,24,25). The van der Waals surface area contributed by atoms with E-state index in [0.717, 1.165) is 17.0 Å². The van der Waals surface area contributed by atoms with E-state index in [0.29, 0.717) is 22.7 Å². The highest BCUT2D eigenvalue weighted by Crippen LogP contribution is 2.31. The smallest absolute Gasteiger partial charge is 0.175 e. The molecule has 2 aromatic carbocycles. The van der Waals surface area contributed by atoms with Gasteiger partial charge in [-0.3, -0.25) is 0 Å². The second kappa shape index (κ2) is 6.95. The minimum absolute atomic E-state index is 0.167. The van der Waals surface area contributed by atoms with Gasteiger partial charge in [0, 0.05) is 18.0 Å². The summed E-state index contributed by atoms with van der Waals surface area (Å²) in [5.74, 6) is 1.40. The molecule has 2 heterocycles. The first-order valence-electron chi connectivity index (χ1n) is 8.28. The van der Waals surface area contributed by atoms with Crippen LogP contribution in [0.5, 0.6) is 11.5 Å². The summed E-state index contributed by atoms with van der Waals surface area (Å²) in [7, 11) is 3.04. The van der Waals surface area contributed by atoms with Crippen LogP contribution in [0.15, 0.2) is 54.7 Å². The first kappa shape index (κ1) is 16.8. The monoisotopic (exact) mass is 364 g/mol. The van der Waals surface area contributed by atoms with Crippen molar-refractivity contribution in [1.82, 2.24) is 15.0 Å². The molecule has 0 aliphatic rings. The van der Waals surface area contributed by atoms with Crippen LogP contribution in [-0.4, -0.2) is 29.2 Å². The Balaban J connectivity index is 1.76. The number of benzene rings is 2. The molecule has 0 saturated heterocycles. The van der Waals surface area contributed by atoms with Gasteiger partial charge in [0.2, 0.25) is 0 Å². The Bertz CT molecular complexity index is 1110. The molecule has 2 N–H and O–H groups in total. The Morgan fingerprint density at radius 3 is 2.70 bits per heavy atom. The molecule has 0 fully saturated rings. The number of aromatic nitrogens is 3. The highest BCUT2D eigenvalue weighted by molar-refractivity contribution is 5.90. The lowest BCUT2D eigenvalue weighted by Crippen LogP contribution is -1.95. The van der Waals surface area contributed by atoms with Crippen molar-refractivity contribution in [2.75, 3.05) is 19.5 Å². The van der Waals surface area contributed by atoms with Crippen molar-refractivity contribution in [1.29, 1.82) is 0 Å². The summed E-state index contributed by atoms with van der Waals surface area (Å²) in [6.45, 7) is 0. The SMILES string of the molecule is COc1cccc(Nc2nccc3[nH]c(-c4cccc(OC)c4F)nc23)c1. The van der Waals surface area contributed by atoms with E-state index >= 15 is 0 Å². The first-order chi connectivity index (χ1) is 13.2. The van der Waals surface area contributed by atoms with Crippen LogP contribution in [0.4, 0.5) is 15.9 Å². The fraction of sp³-hybridized carbons (Fsp3) is 0.100. The van der Waals surface area contributed by atoms with Gasteiger partial charge in [0.05, 0.1) is 25.3 Å². The fourth-order valence-electron chi connectivity index (χ4n) is 2.84. The fourth-order valence-corrected chi connectivity index (χ4v) is 2.84. The summed E-state index contributed by atoms with van der Waals surface area (Å²) in [4.78, 5) is 12.1. The topological polar surface area (TPSA) is 72.1 Å². The number of aromatic amines is 1. The average molecular weight is 364 g/mol. The lowest BCUT2D eigenvalue weighted by atomic mass is 10.2. The highest BCUT2D eigenvalue weighted by Gasteiger charge is 2.16. The average Bonchev–Trinajstić information content (AvgIpc) is 3.13. The van der Waals surface area contributed by atoms with Gasteiger partial charge < -0.3 is 19.8 Å². The molecule has 0 saturated carbocycles. The molecule has 27 heavy (non-hydrogen) atoms. The maximum atomic E-state index is 14.6. The Morgan fingerprint density at radius 1 is 1.04 bits per heavy atom. The molecule has 0 spiro atoms. The summed E-state index contributed by atoms with van der Waals surface area (Å²) in [6.07, 6.45) is 1.66. The van der Waals surface area contributed by atoms with Crippen molar-refractivity contribution >= 4 is 22.5 Å². The number of imidazole rings is 1. The number of nitrogens with one attached hydrogen (secondary N) is 2. The van der Waals surface area contributed by atoms with E-state index in [9.17, 15) is 4.39 Å². The van der Waals surface area contributed by atoms with Crippen LogP contribution in [0.2, 0.25) is 0 Å². The number of fused-ring (bicyclic) bond motifs is 1. The number of H-pyrrole nitrogens is 1. The number of nitrogens with zero attached hydrogens (tertiary/aromatic N) is 2. The maximum Gasteiger partial charge on any atom is 0.175 e. The van der Waals surface area contributed by atoms with Crippen molar-refractivity contribution in [2.45, 2.75) is 0 Å². The second-order valence-electron chi connectivity index (χ2n) is 5.82. The third-order valence-corrected chi connectivity index (χ3v) is 4.17. The summed E-state index contributed by atoms with van der Waals surface area (Å²) in [6, 6.07) is 14.2. The van der Waals surface area contributed by atoms with Gasteiger partial charge in [-0.25, -0.2) is 14.4 Å². The molecule has 4 rings (SSSR count). The van der Waals surface area contributed by atoms with Crippen molar-refractivity contribution in [2.24, 2.45) is 0 Å². The molecular weight excluding hydrogens is 347 g/mol. The van der Waals surface area contributed by atoms with Crippen LogP contribution in [-0.2, 0) is 0 Å². The molecule has 0 amide bonds. The van der Waals surface area contributed by atoms with Gasteiger partial charge in [-0.2, -0.15) is 0 Å². The molecule has 4 aromatic rings. The van der Waals surface area contributed by atoms with Crippen LogP contribution in [0, 0.1) is 5.82 Å². The van der Waals surface area contributed by atoms with E-state index in [-0.39, 0.29) is 5.75 Å². The number of methoxy groups -OCH3 is 2. The number of halogens is 1. The Hall–Kier alpha value is -3.61. The third kappa shape index (κ3) is 3.15. The predicted molar refractivity (Wildman–Crippen MR) is 102 cm³/mol. The van der Waals surface area contributed by atoms with E-state index in [1.807, 2.05) is 24.3 Å². The quantitative estimate of drug-likeness (QED) is 0.545. The van der Waals surface area contributed by atoms with Crippen molar-refractivity contribution in [3.05, 3.63) is 60.5 Å². The zero-order chi connectivity index (χ0) is 18.8. The number of ether oxygens (including phenoxy) is 2. The Kier molecular flexibility index (Phi) is 4.33. The largest absolute Gasteiger partial charge is 0.497 e. The molecule has 0 aliphatic heterocycles. The van der Waals surface area contributed by atoms with Crippen molar-refractivity contribution in [3.63, 3.8) is 0 Å². The predicted octanol–water partition coefficient (Wildman–Crippen LogP) is 4.52. The number of rotatable bonds is 5. The second-order valence-corrected chi connectivity index (χ2v) is 5.82. The molecule has 0 unspecified atom stereocenters. The van der Waals surface area contributed by atoms with Gasteiger partial charge in [0.1, 0.15) is 17.1 Å². The zero-order valence-electron chi connectivity index (χ0n) is 14.8. The van der Waals surface area contributed by atoms with Gasteiger partial charge in [0.15, 0.2) is 17.4 Å². The number of hydrogen-bond acceptors (Lipinski definition) is 5. The van der Waals surface area contributed by atoms with Gasteiger partial charge in [-0.15, -0.1) is 0 Å². The van der Waals surface area contributed by atoms with Gasteiger partial charge >= 0.3 is 0 Å². The molecule has 0 atom stereocenters. The van der Waals surface area contributed by atoms with E-state index in [4.69, 9.17) is 9.47 Å². The van der Waals surface area contributed by atoms with E-state index in [2.05, 4.69) is 20.3 Å². The highest BCUT2D eigenvalue weighted by atomic mass is 19.1. The van der Waals surface area contributed by atoms with Gasteiger partial charge in [0.25, 0.3) is 0 Å².